The third kappa shape index (κ3) is 5.18. The number of benzene rings is 4. The maximum absolute atomic E-state index is 13.8. The first kappa shape index (κ1) is 22.0. The summed E-state index contributed by atoms with van der Waals surface area (Å²) in [4.78, 5) is 25.5. The van der Waals surface area contributed by atoms with E-state index < -0.39 is 11.9 Å². The van der Waals surface area contributed by atoms with E-state index in [1.54, 1.807) is 24.3 Å². The molecule has 0 fully saturated rings. The van der Waals surface area contributed by atoms with Gasteiger partial charge in [0, 0.05) is 11.6 Å². The highest BCUT2D eigenvalue weighted by atomic mass is 16.5. The minimum absolute atomic E-state index is 0.121. The van der Waals surface area contributed by atoms with Crippen molar-refractivity contribution >= 4 is 17.6 Å². The number of rotatable bonds is 7. The van der Waals surface area contributed by atoms with Gasteiger partial charge in [0.25, 0.3) is 0 Å². The van der Waals surface area contributed by atoms with Crippen molar-refractivity contribution in [1.29, 1.82) is 0 Å². The molecule has 4 heteroatoms. The minimum Gasteiger partial charge on any atom is -0.465 e. The number of ether oxygens (including phenoxy) is 1. The summed E-state index contributed by atoms with van der Waals surface area (Å²) < 4.78 is 4.76. The molecule has 0 saturated carbocycles. The standard InChI is InChI=1S/C29H25NO3/c1-33-29(32)24-17-19-25(20-18-24)30-28(31)27(23-15-9-4-10-16-23)26(21-11-5-2-6-12-21)22-13-7-3-8-14-22/h2-20,26-27H,1H3,(H,30,31)/t27-/m1/s1. The monoisotopic (exact) mass is 435 g/mol. The number of hydrogen-bond donors (Lipinski definition) is 1. The van der Waals surface area contributed by atoms with Crippen LogP contribution in [0.3, 0.4) is 0 Å². The Labute approximate surface area is 193 Å². The van der Waals surface area contributed by atoms with Gasteiger partial charge in [-0.3, -0.25) is 4.79 Å². The van der Waals surface area contributed by atoms with Crippen LogP contribution in [0, 0.1) is 0 Å². The Morgan fingerprint density at radius 1 is 0.636 bits per heavy atom. The molecule has 0 aromatic heterocycles. The third-order valence-corrected chi connectivity index (χ3v) is 5.67. The number of carbonyl (C=O) groups excluding carboxylic acids is 2. The zero-order valence-corrected chi connectivity index (χ0v) is 18.3. The minimum atomic E-state index is -0.462. The lowest BCUT2D eigenvalue weighted by Crippen LogP contribution is -2.27. The molecule has 4 nitrogen and oxygen atoms in total. The second-order valence-corrected chi connectivity index (χ2v) is 7.75. The summed E-state index contributed by atoms with van der Waals surface area (Å²) in [6.45, 7) is 0. The molecule has 4 rings (SSSR count). The van der Waals surface area contributed by atoms with Crippen molar-refractivity contribution < 1.29 is 14.3 Å². The molecule has 0 aliphatic heterocycles. The molecule has 0 spiro atoms. The molecule has 33 heavy (non-hydrogen) atoms. The van der Waals surface area contributed by atoms with E-state index >= 15 is 0 Å². The van der Waals surface area contributed by atoms with Crippen molar-refractivity contribution in [3.05, 3.63) is 138 Å². The number of amides is 1. The van der Waals surface area contributed by atoms with Crippen molar-refractivity contribution in [2.75, 3.05) is 12.4 Å². The lowest BCUT2D eigenvalue weighted by molar-refractivity contribution is -0.117. The Balaban J connectivity index is 1.74. The third-order valence-electron chi connectivity index (χ3n) is 5.67. The van der Waals surface area contributed by atoms with Gasteiger partial charge in [-0.1, -0.05) is 91.0 Å². The smallest absolute Gasteiger partial charge is 0.337 e. The van der Waals surface area contributed by atoms with E-state index in [2.05, 4.69) is 29.6 Å². The summed E-state index contributed by atoms with van der Waals surface area (Å²) in [5.41, 5.74) is 4.11. The van der Waals surface area contributed by atoms with Crippen molar-refractivity contribution in [3.8, 4) is 0 Å². The fourth-order valence-corrected chi connectivity index (χ4v) is 4.08. The van der Waals surface area contributed by atoms with E-state index in [4.69, 9.17) is 4.74 Å². The van der Waals surface area contributed by atoms with Crippen LogP contribution in [0.5, 0.6) is 0 Å². The van der Waals surface area contributed by atoms with Crippen LogP contribution < -0.4 is 5.32 Å². The molecule has 4 aromatic carbocycles. The van der Waals surface area contributed by atoms with Gasteiger partial charge in [0.05, 0.1) is 18.6 Å². The fourth-order valence-electron chi connectivity index (χ4n) is 4.08. The molecular formula is C29H25NO3. The number of methoxy groups -OCH3 is 1. The van der Waals surface area contributed by atoms with E-state index in [9.17, 15) is 9.59 Å². The molecule has 0 aliphatic rings. The van der Waals surface area contributed by atoms with E-state index in [0.29, 0.717) is 11.3 Å². The number of anilines is 1. The topological polar surface area (TPSA) is 55.4 Å². The van der Waals surface area contributed by atoms with Crippen LogP contribution in [0.2, 0.25) is 0 Å². The molecule has 0 heterocycles. The lowest BCUT2D eigenvalue weighted by atomic mass is 9.76. The van der Waals surface area contributed by atoms with E-state index in [0.717, 1.165) is 16.7 Å². The molecule has 0 aliphatic carbocycles. The summed E-state index contributed by atoms with van der Waals surface area (Å²) in [5, 5.41) is 3.05. The Morgan fingerprint density at radius 2 is 1.09 bits per heavy atom. The van der Waals surface area contributed by atoms with Crippen molar-refractivity contribution in [1.82, 2.24) is 0 Å². The average Bonchev–Trinajstić information content (AvgIpc) is 2.88. The van der Waals surface area contributed by atoms with Crippen LogP contribution in [-0.2, 0) is 9.53 Å². The average molecular weight is 436 g/mol. The van der Waals surface area contributed by atoms with Gasteiger partial charge in [-0.15, -0.1) is 0 Å². The van der Waals surface area contributed by atoms with Crippen molar-refractivity contribution in [2.45, 2.75) is 11.8 Å². The zero-order valence-electron chi connectivity index (χ0n) is 18.3. The lowest BCUT2D eigenvalue weighted by Gasteiger charge is -2.28. The molecule has 164 valence electrons. The van der Waals surface area contributed by atoms with Crippen LogP contribution in [-0.4, -0.2) is 19.0 Å². The van der Waals surface area contributed by atoms with Gasteiger partial charge in [0.15, 0.2) is 0 Å². The predicted molar refractivity (Wildman–Crippen MR) is 130 cm³/mol. The first-order valence-corrected chi connectivity index (χ1v) is 10.8. The number of nitrogens with one attached hydrogen (secondary N) is 1. The van der Waals surface area contributed by atoms with E-state index in [-0.39, 0.29) is 11.8 Å². The highest BCUT2D eigenvalue weighted by Crippen LogP contribution is 2.39. The molecule has 0 bridgehead atoms. The molecule has 4 aromatic rings. The summed E-state index contributed by atoms with van der Waals surface area (Å²) in [7, 11) is 1.34. The van der Waals surface area contributed by atoms with Crippen molar-refractivity contribution in [2.24, 2.45) is 0 Å². The largest absolute Gasteiger partial charge is 0.465 e. The Hall–Kier alpha value is -4.18. The number of hydrogen-bond acceptors (Lipinski definition) is 3. The second-order valence-electron chi connectivity index (χ2n) is 7.75. The summed E-state index contributed by atoms with van der Waals surface area (Å²) in [6.07, 6.45) is 0. The van der Waals surface area contributed by atoms with Gasteiger partial charge in [0.1, 0.15) is 0 Å². The highest BCUT2D eigenvalue weighted by molar-refractivity contribution is 5.97. The van der Waals surface area contributed by atoms with Crippen LogP contribution in [0.1, 0.15) is 38.9 Å². The molecule has 0 unspecified atom stereocenters. The molecule has 1 amide bonds. The molecule has 0 saturated heterocycles. The first-order chi connectivity index (χ1) is 16.2. The van der Waals surface area contributed by atoms with Crippen LogP contribution in [0.25, 0.3) is 0 Å². The van der Waals surface area contributed by atoms with Crippen LogP contribution in [0.4, 0.5) is 5.69 Å². The van der Waals surface area contributed by atoms with Crippen molar-refractivity contribution in [3.63, 3.8) is 0 Å². The van der Waals surface area contributed by atoms with Gasteiger partial charge in [-0.05, 0) is 41.0 Å². The quantitative estimate of drug-likeness (QED) is 0.361. The SMILES string of the molecule is COC(=O)c1ccc(NC(=O)[C@H](c2ccccc2)C(c2ccccc2)c2ccccc2)cc1. The molecule has 0 radical (unpaired) electrons. The van der Waals surface area contributed by atoms with Gasteiger partial charge in [-0.25, -0.2) is 4.79 Å². The van der Waals surface area contributed by atoms with Crippen LogP contribution in [0.15, 0.2) is 115 Å². The number of carbonyl (C=O) groups is 2. The Kier molecular flexibility index (Phi) is 6.96. The predicted octanol–water partition coefficient (Wildman–Crippen LogP) is 6.03. The summed E-state index contributed by atoms with van der Waals surface area (Å²) >= 11 is 0. The maximum atomic E-state index is 13.8. The maximum Gasteiger partial charge on any atom is 0.337 e. The van der Waals surface area contributed by atoms with Crippen LogP contribution >= 0.6 is 0 Å². The summed E-state index contributed by atoms with van der Waals surface area (Å²) in [6, 6.07) is 36.7. The molecule has 1 N–H and O–H groups in total. The Bertz CT molecular complexity index is 1150. The number of esters is 1. The summed E-state index contributed by atoms with van der Waals surface area (Å²) in [5.74, 6) is -1.17. The van der Waals surface area contributed by atoms with E-state index in [1.165, 1.54) is 7.11 Å². The van der Waals surface area contributed by atoms with E-state index in [1.807, 2.05) is 66.7 Å². The Morgan fingerprint density at radius 3 is 1.55 bits per heavy atom. The first-order valence-electron chi connectivity index (χ1n) is 10.8. The second kappa shape index (κ2) is 10.4. The highest BCUT2D eigenvalue weighted by Gasteiger charge is 2.32. The fraction of sp³-hybridized carbons (Fsp3) is 0.103. The molecule has 1 atom stereocenters. The van der Waals surface area contributed by atoms with Gasteiger partial charge < -0.3 is 10.1 Å². The normalized spacial score (nSPS) is 11.6. The zero-order chi connectivity index (χ0) is 23.0. The van der Waals surface area contributed by atoms with Gasteiger partial charge in [-0.2, -0.15) is 0 Å². The molecular weight excluding hydrogens is 410 g/mol. The van der Waals surface area contributed by atoms with Gasteiger partial charge in [0.2, 0.25) is 5.91 Å². The van der Waals surface area contributed by atoms with Gasteiger partial charge >= 0.3 is 5.97 Å².